The molecule has 0 saturated carbocycles. The molecular formula is C16H20N2O2S. The normalized spacial score (nSPS) is 12.6. The maximum atomic E-state index is 11.1. The molecule has 2 rings (SSSR count). The zero-order chi connectivity index (χ0) is 15.4. The van der Waals surface area contributed by atoms with Gasteiger partial charge >= 0.3 is 5.97 Å². The van der Waals surface area contributed by atoms with Crippen LogP contribution in [0.5, 0.6) is 0 Å². The number of aryl methyl sites for hydroxylation is 1. The van der Waals surface area contributed by atoms with Gasteiger partial charge in [0.05, 0.1) is 0 Å². The molecule has 1 atom stereocenters. The lowest BCUT2D eigenvalue weighted by Gasteiger charge is -2.16. The van der Waals surface area contributed by atoms with E-state index in [1.165, 1.54) is 5.56 Å². The highest BCUT2D eigenvalue weighted by atomic mass is 32.1. The average molecular weight is 304 g/mol. The summed E-state index contributed by atoms with van der Waals surface area (Å²) >= 11 is 1.59. The number of benzene rings is 1. The van der Waals surface area contributed by atoms with Gasteiger partial charge in [-0.2, -0.15) is 0 Å². The van der Waals surface area contributed by atoms with Crippen molar-refractivity contribution in [1.29, 1.82) is 0 Å². The molecule has 21 heavy (non-hydrogen) atoms. The molecule has 0 bridgehead atoms. The molecule has 0 aliphatic rings. The maximum Gasteiger partial charge on any atom is 0.320 e. The fourth-order valence-corrected chi connectivity index (χ4v) is 2.91. The second-order valence-corrected chi connectivity index (χ2v) is 6.55. The van der Waals surface area contributed by atoms with Crippen LogP contribution < -0.4 is 5.32 Å². The van der Waals surface area contributed by atoms with Crippen molar-refractivity contribution in [3.63, 3.8) is 0 Å². The number of carboxylic acid groups (broad SMARTS) is 1. The van der Waals surface area contributed by atoms with Gasteiger partial charge in [0.25, 0.3) is 0 Å². The SMILES string of the molecule is Cc1ccc(-c2ncc(CN[C@H](C(=O)O)C(C)C)s2)cc1. The van der Waals surface area contributed by atoms with Crippen LogP contribution in [0.15, 0.2) is 30.5 Å². The second kappa shape index (κ2) is 6.83. The van der Waals surface area contributed by atoms with Crippen LogP contribution in [-0.2, 0) is 11.3 Å². The maximum absolute atomic E-state index is 11.1. The van der Waals surface area contributed by atoms with E-state index in [4.69, 9.17) is 5.11 Å². The first kappa shape index (κ1) is 15.7. The first-order chi connectivity index (χ1) is 9.97. The minimum absolute atomic E-state index is 0.0481. The first-order valence-corrected chi connectivity index (χ1v) is 7.77. The van der Waals surface area contributed by atoms with E-state index in [1.54, 1.807) is 11.3 Å². The fraction of sp³-hybridized carbons (Fsp3) is 0.375. The van der Waals surface area contributed by atoms with Gasteiger partial charge in [0.15, 0.2) is 0 Å². The van der Waals surface area contributed by atoms with E-state index < -0.39 is 12.0 Å². The summed E-state index contributed by atoms with van der Waals surface area (Å²) in [5.41, 5.74) is 2.31. The van der Waals surface area contributed by atoms with Crippen molar-refractivity contribution < 1.29 is 9.90 Å². The lowest BCUT2D eigenvalue weighted by atomic mass is 10.1. The summed E-state index contributed by atoms with van der Waals surface area (Å²) in [7, 11) is 0. The number of aliphatic carboxylic acids is 1. The highest BCUT2D eigenvalue weighted by Gasteiger charge is 2.20. The molecule has 0 saturated heterocycles. The van der Waals surface area contributed by atoms with Gasteiger partial charge in [-0.25, -0.2) is 4.98 Å². The molecule has 1 heterocycles. The summed E-state index contributed by atoms with van der Waals surface area (Å²) in [6, 6.07) is 7.70. The number of nitrogens with one attached hydrogen (secondary N) is 1. The van der Waals surface area contributed by atoms with Crippen molar-refractivity contribution in [3.05, 3.63) is 40.9 Å². The van der Waals surface area contributed by atoms with Crippen LogP contribution in [0.1, 0.15) is 24.3 Å². The number of hydrogen-bond acceptors (Lipinski definition) is 4. The van der Waals surface area contributed by atoms with Crippen LogP contribution in [-0.4, -0.2) is 22.1 Å². The van der Waals surface area contributed by atoms with Gasteiger partial charge < -0.3 is 5.11 Å². The van der Waals surface area contributed by atoms with Crippen molar-refractivity contribution in [2.24, 2.45) is 5.92 Å². The molecular weight excluding hydrogens is 284 g/mol. The molecule has 0 aliphatic heterocycles. The highest BCUT2D eigenvalue weighted by Crippen LogP contribution is 2.25. The third-order valence-electron chi connectivity index (χ3n) is 3.28. The Labute approximate surface area is 128 Å². The minimum atomic E-state index is -0.812. The molecule has 0 radical (unpaired) electrons. The first-order valence-electron chi connectivity index (χ1n) is 6.95. The molecule has 0 spiro atoms. The van der Waals surface area contributed by atoms with Gasteiger partial charge in [-0.1, -0.05) is 43.7 Å². The Morgan fingerprint density at radius 1 is 1.33 bits per heavy atom. The van der Waals surface area contributed by atoms with Gasteiger partial charge in [-0.05, 0) is 12.8 Å². The van der Waals surface area contributed by atoms with Gasteiger partial charge in [0.1, 0.15) is 11.0 Å². The van der Waals surface area contributed by atoms with Gasteiger partial charge in [0, 0.05) is 23.2 Å². The molecule has 0 aliphatic carbocycles. The molecule has 5 heteroatoms. The van der Waals surface area contributed by atoms with Crippen molar-refractivity contribution in [1.82, 2.24) is 10.3 Å². The topological polar surface area (TPSA) is 62.2 Å². The fourth-order valence-electron chi connectivity index (χ4n) is 2.04. The van der Waals surface area contributed by atoms with E-state index >= 15 is 0 Å². The molecule has 2 aromatic rings. The number of thiazole rings is 1. The number of carbonyl (C=O) groups is 1. The zero-order valence-electron chi connectivity index (χ0n) is 12.5. The Hall–Kier alpha value is -1.72. The molecule has 1 aromatic carbocycles. The van der Waals surface area contributed by atoms with E-state index in [0.29, 0.717) is 6.54 Å². The van der Waals surface area contributed by atoms with Gasteiger partial charge in [0.2, 0.25) is 0 Å². The Morgan fingerprint density at radius 3 is 2.57 bits per heavy atom. The van der Waals surface area contributed by atoms with Crippen LogP contribution in [0.3, 0.4) is 0 Å². The summed E-state index contributed by atoms with van der Waals surface area (Å²) in [5, 5.41) is 13.2. The number of carboxylic acids is 1. The smallest absolute Gasteiger partial charge is 0.320 e. The van der Waals surface area contributed by atoms with Crippen LogP contribution in [0, 0.1) is 12.8 Å². The van der Waals surface area contributed by atoms with Crippen molar-refractivity contribution in [3.8, 4) is 10.6 Å². The molecule has 0 unspecified atom stereocenters. The number of hydrogen-bond donors (Lipinski definition) is 2. The van der Waals surface area contributed by atoms with Crippen molar-refractivity contribution in [2.45, 2.75) is 33.4 Å². The summed E-state index contributed by atoms with van der Waals surface area (Å²) in [4.78, 5) is 16.6. The third-order valence-corrected chi connectivity index (χ3v) is 4.33. The van der Waals surface area contributed by atoms with E-state index in [0.717, 1.165) is 15.4 Å². The van der Waals surface area contributed by atoms with Crippen LogP contribution >= 0.6 is 11.3 Å². The predicted molar refractivity (Wildman–Crippen MR) is 85.4 cm³/mol. The standard InChI is InChI=1S/C16H20N2O2S/c1-10(2)14(16(19)20)17-8-13-9-18-15(21-13)12-6-4-11(3)5-7-12/h4-7,9-10,14,17H,8H2,1-3H3,(H,19,20)/t14-/m0/s1. The Kier molecular flexibility index (Phi) is 5.09. The summed E-state index contributed by atoms with van der Waals surface area (Å²) in [6.07, 6.45) is 1.81. The molecule has 1 aromatic heterocycles. The van der Waals surface area contributed by atoms with Crippen LogP contribution in [0.25, 0.3) is 10.6 Å². The average Bonchev–Trinajstić information content (AvgIpc) is 2.87. The van der Waals surface area contributed by atoms with E-state index in [2.05, 4.69) is 41.5 Å². The molecule has 112 valence electrons. The minimum Gasteiger partial charge on any atom is -0.480 e. The van der Waals surface area contributed by atoms with Gasteiger partial charge in [-0.15, -0.1) is 11.3 Å². The number of rotatable bonds is 6. The zero-order valence-corrected chi connectivity index (χ0v) is 13.3. The molecule has 2 N–H and O–H groups in total. The highest BCUT2D eigenvalue weighted by molar-refractivity contribution is 7.15. The third kappa shape index (κ3) is 4.12. The van der Waals surface area contributed by atoms with Gasteiger partial charge in [-0.3, -0.25) is 10.1 Å². The summed E-state index contributed by atoms with van der Waals surface area (Å²) < 4.78 is 0. The van der Waals surface area contributed by atoms with Crippen LogP contribution in [0.4, 0.5) is 0 Å². The Morgan fingerprint density at radius 2 is 2.00 bits per heavy atom. The van der Waals surface area contributed by atoms with Crippen LogP contribution in [0.2, 0.25) is 0 Å². The number of nitrogens with zero attached hydrogens (tertiary/aromatic N) is 1. The molecule has 0 amide bonds. The summed E-state index contributed by atoms with van der Waals surface area (Å²) in [5.74, 6) is -0.764. The molecule has 4 nitrogen and oxygen atoms in total. The monoisotopic (exact) mass is 304 g/mol. The largest absolute Gasteiger partial charge is 0.480 e. The van der Waals surface area contributed by atoms with E-state index in [9.17, 15) is 4.79 Å². The second-order valence-electron chi connectivity index (χ2n) is 5.44. The molecule has 0 fully saturated rings. The van der Waals surface area contributed by atoms with Crippen molar-refractivity contribution in [2.75, 3.05) is 0 Å². The lowest BCUT2D eigenvalue weighted by molar-refractivity contribution is -0.140. The summed E-state index contributed by atoms with van der Waals surface area (Å²) in [6.45, 7) is 6.38. The van der Waals surface area contributed by atoms with E-state index in [1.807, 2.05) is 20.0 Å². The predicted octanol–water partition coefficient (Wildman–Crippen LogP) is 3.32. The quantitative estimate of drug-likeness (QED) is 0.859. The number of aromatic nitrogens is 1. The van der Waals surface area contributed by atoms with E-state index in [-0.39, 0.29) is 5.92 Å². The lowest BCUT2D eigenvalue weighted by Crippen LogP contribution is -2.40. The Bertz CT molecular complexity index is 605. The Balaban J connectivity index is 2.03. The van der Waals surface area contributed by atoms with Crippen molar-refractivity contribution >= 4 is 17.3 Å².